The van der Waals surface area contributed by atoms with Gasteiger partial charge in [0.1, 0.15) is 0 Å². The average molecular weight is 141 g/mol. The summed E-state index contributed by atoms with van der Waals surface area (Å²) in [7, 11) is 0. The van der Waals surface area contributed by atoms with Crippen LogP contribution in [0.1, 0.15) is 32.6 Å². The van der Waals surface area contributed by atoms with Crippen LogP contribution in [0.3, 0.4) is 0 Å². The Morgan fingerprint density at radius 3 is 3.00 bits per heavy atom. The van der Waals surface area contributed by atoms with Crippen molar-refractivity contribution in [3.8, 4) is 0 Å². The van der Waals surface area contributed by atoms with E-state index in [0.29, 0.717) is 12.2 Å². The first-order valence-electron chi connectivity index (χ1n) is 4.03. The maximum Gasteiger partial charge on any atom is 0.482 e. The smallest absolute Gasteiger partial charge is 0.312 e. The molecule has 1 aliphatic heterocycles. The molecule has 2 atom stereocenters. The van der Waals surface area contributed by atoms with E-state index < -0.39 is 0 Å². The third-order valence-corrected chi connectivity index (χ3v) is 2.28. The Morgan fingerprint density at radius 2 is 2.20 bits per heavy atom. The molecule has 56 valence electrons. The second kappa shape index (κ2) is 2.26. The maximum absolute atomic E-state index is 5.46. The molecule has 0 bridgehead atoms. The molecule has 2 nitrogen and oxygen atoms in total. The minimum absolute atomic E-state index is 0.383. The summed E-state index contributed by atoms with van der Waals surface area (Å²) < 4.78 is 10.9. The van der Waals surface area contributed by atoms with Gasteiger partial charge >= 0.3 is 5.97 Å². The van der Waals surface area contributed by atoms with Crippen molar-refractivity contribution < 1.29 is 9.16 Å². The van der Waals surface area contributed by atoms with Gasteiger partial charge in [-0.2, -0.15) is 0 Å². The molecule has 2 aliphatic rings. The summed E-state index contributed by atoms with van der Waals surface area (Å²) in [5.41, 5.74) is 0. The first-order chi connectivity index (χ1) is 4.86. The van der Waals surface area contributed by atoms with Crippen LogP contribution < -0.4 is 0 Å². The molecule has 1 saturated carbocycles. The molecule has 1 aliphatic carbocycles. The highest BCUT2D eigenvalue weighted by Gasteiger charge is 2.42. The fraction of sp³-hybridized carbons (Fsp3) is 0.875. The van der Waals surface area contributed by atoms with Crippen molar-refractivity contribution in [3.63, 3.8) is 0 Å². The van der Waals surface area contributed by atoms with Crippen molar-refractivity contribution in [2.75, 3.05) is 0 Å². The van der Waals surface area contributed by atoms with E-state index >= 15 is 0 Å². The Balaban J connectivity index is 2.06. The molecule has 0 radical (unpaired) electrons. The second-order valence-electron chi connectivity index (χ2n) is 3.09. The molecule has 0 aromatic rings. The lowest BCUT2D eigenvalue weighted by molar-refractivity contribution is -0.499. The standard InChI is InChI=1S/C8H13O2/c1-6-9-7-4-2-3-5-8(7)10-6/h7-8H,2-5H2,1H3/q+1. The molecule has 1 fully saturated rings. The highest BCUT2D eigenvalue weighted by molar-refractivity contribution is 5.67. The molecule has 0 N–H and O–H groups in total. The number of rotatable bonds is 0. The van der Waals surface area contributed by atoms with E-state index in [4.69, 9.17) is 9.16 Å². The van der Waals surface area contributed by atoms with Crippen LogP contribution in [-0.2, 0) is 9.16 Å². The summed E-state index contributed by atoms with van der Waals surface area (Å²) in [6.45, 7) is 1.90. The molecule has 0 aromatic carbocycles. The molecule has 0 aromatic heterocycles. The van der Waals surface area contributed by atoms with Crippen LogP contribution in [0.4, 0.5) is 0 Å². The van der Waals surface area contributed by atoms with Crippen LogP contribution in [0.2, 0.25) is 0 Å². The zero-order valence-corrected chi connectivity index (χ0v) is 6.30. The van der Waals surface area contributed by atoms with Crippen LogP contribution in [0.25, 0.3) is 0 Å². The monoisotopic (exact) mass is 141 g/mol. The lowest BCUT2D eigenvalue weighted by Crippen LogP contribution is -2.27. The van der Waals surface area contributed by atoms with Crippen LogP contribution in [0.5, 0.6) is 0 Å². The van der Waals surface area contributed by atoms with Crippen LogP contribution in [0, 0.1) is 0 Å². The molecule has 0 saturated heterocycles. The van der Waals surface area contributed by atoms with Gasteiger partial charge in [0, 0.05) is 12.8 Å². The highest BCUT2D eigenvalue weighted by atomic mass is 16.6. The van der Waals surface area contributed by atoms with E-state index in [0.717, 1.165) is 5.97 Å². The van der Waals surface area contributed by atoms with Gasteiger partial charge in [-0.15, -0.1) is 0 Å². The number of hydrogen-bond donors (Lipinski definition) is 0. The molecule has 10 heavy (non-hydrogen) atoms. The third-order valence-electron chi connectivity index (χ3n) is 2.28. The molecule has 2 rings (SSSR count). The van der Waals surface area contributed by atoms with Crippen LogP contribution in [-0.4, -0.2) is 18.2 Å². The number of fused-ring (bicyclic) bond motifs is 1. The SMILES string of the molecule is CC1=[O+]C2CCCCC2O1. The highest BCUT2D eigenvalue weighted by Crippen LogP contribution is 2.25. The van der Waals surface area contributed by atoms with Crippen molar-refractivity contribution in [3.05, 3.63) is 0 Å². The first-order valence-corrected chi connectivity index (χ1v) is 4.03. The normalized spacial score (nSPS) is 38.3. The Labute approximate surface area is 60.9 Å². The van der Waals surface area contributed by atoms with Crippen LogP contribution >= 0.6 is 0 Å². The Kier molecular flexibility index (Phi) is 1.40. The van der Waals surface area contributed by atoms with Gasteiger partial charge in [-0.25, -0.2) is 0 Å². The topological polar surface area (TPSA) is 20.5 Å². The van der Waals surface area contributed by atoms with Crippen molar-refractivity contribution in [2.24, 2.45) is 0 Å². The summed E-state index contributed by atoms with van der Waals surface area (Å²) in [5, 5.41) is 0. The fourth-order valence-corrected chi connectivity index (χ4v) is 1.79. The van der Waals surface area contributed by atoms with Crippen molar-refractivity contribution in [1.29, 1.82) is 0 Å². The van der Waals surface area contributed by atoms with Gasteiger partial charge in [0.2, 0.25) is 0 Å². The van der Waals surface area contributed by atoms with E-state index in [9.17, 15) is 0 Å². The van der Waals surface area contributed by atoms with Crippen LogP contribution in [0.15, 0.2) is 0 Å². The average Bonchev–Trinajstić information content (AvgIpc) is 2.27. The van der Waals surface area contributed by atoms with Gasteiger partial charge in [0.15, 0.2) is 0 Å². The largest absolute Gasteiger partial charge is 0.482 e. The predicted molar refractivity (Wildman–Crippen MR) is 37.8 cm³/mol. The van der Waals surface area contributed by atoms with Crippen molar-refractivity contribution >= 4 is 5.97 Å². The molecule has 2 unspecified atom stereocenters. The lowest BCUT2D eigenvalue weighted by atomic mass is 9.95. The molecule has 0 spiro atoms. The molecule has 2 heteroatoms. The Morgan fingerprint density at radius 1 is 1.40 bits per heavy atom. The van der Waals surface area contributed by atoms with Crippen molar-refractivity contribution in [2.45, 2.75) is 44.8 Å². The number of ether oxygens (including phenoxy) is 1. The molecule has 0 amide bonds. The second-order valence-corrected chi connectivity index (χ2v) is 3.09. The number of carbonyl (C=O) groups excluding carboxylic acids is 1. The quantitative estimate of drug-likeness (QED) is 0.369. The number of hydrogen-bond acceptors (Lipinski definition) is 1. The van der Waals surface area contributed by atoms with E-state index in [1.54, 1.807) is 0 Å². The molecule has 1 heterocycles. The Bertz CT molecular complexity index is 163. The number of esters is 1. The van der Waals surface area contributed by atoms with Gasteiger partial charge < -0.3 is 9.16 Å². The zero-order chi connectivity index (χ0) is 6.97. The van der Waals surface area contributed by atoms with Gasteiger partial charge in [-0.05, 0) is 12.8 Å². The summed E-state index contributed by atoms with van der Waals surface area (Å²) in [5.74, 6) is 0.775. The van der Waals surface area contributed by atoms with E-state index in [1.165, 1.54) is 25.7 Å². The van der Waals surface area contributed by atoms with Gasteiger partial charge in [-0.3, -0.25) is 0 Å². The van der Waals surface area contributed by atoms with E-state index in [-0.39, 0.29) is 0 Å². The van der Waals surface area contributed by atoms with Crippen molar-refractivity contribution in [1.82, 2.24) is 0 Å². The maximum atomic E-state index is 5.46. The first kappa shape index (κ1) is 6.20. The summed E-state index contributed by atoms with van der Waals surface area (Å²) in [4.78, 5) is 0. The third kappa shape index (κ3) is 0.917. The van der Waals surface area contributed by atoms with E-state index in [2.05, 4.69) is 0 Å². The van der Waals surface area contributed by atoms with E-state index in [1.807, 2.05) is 6.92 Å². The lowest BCUT2D eigenvalue weighted by Gasteiger charge is -2.13. The fourth-order valence-electron chi connectivity index (χ4n) is 1.79. The molecular weight excluding hydrogens is 128 g/mol. The van der Waals surface area contributed by atoms with Gasteiger partial charge in [0.25, 0.3) is 12.2 Å². The minimum Gasteiger partial charge on any atom is -0.312 e. The van der Waals surface area contributed by atoms with Gasteiger partial charge in [0.05, 0.1) is 6.92 Å². The summed E-state index contributed by atoms with van der Waals surface area (Å²) >= 11 is 0. The Hall–Kier alpha value is -0.530. The summed E-state index contributed by atoms with van der Waals surface area (Å²) in [6, 6.07) is 0. The zero-order valence-electron chi connectivity index (χ0n) is 6.30. The van der Waals surface area contributed by atoms with Gasteiger partial charge in [-0.1, -0.05) is 0 Å². The minimum atomic E-state index is 0.383. The summed E-state index contributed by atoms with van der Waals surface area (Å²) in [6.07, 6.45) is 5.74. The molecular formula is C8H13O2+. The predicted octanol–water partition coefficient (Wildman–Crippen LogP) is 1.41.